The molecule has 2 aliphatic heterocycles. The third kappa shape index (κ3) is 3.92. The van der Waals surface area contributed by atoms with Gasteiger partial charge < -0.3 is 19.5 Å². The number of hydrogen-bond acceptors (Lipinski definition) is 8. The second-order valence-electron chi connectivity index (χ2n) is 7.24. The zero-order valence-corrected chi connectivity index (χ0v) is 16.4. The van der Waals surface area contributed by atoms with Crippen molar-refractivity contribution < 1.29 is 33.4 Å². The van der Waals surface area contributed by atoms with E-state index in [1.54, 1.807) is 0 Å². The van der Waals surface area contributed by atoms with Gasteiger partial charge in [-0.3, -0.25) is 24.1 Å². The molecule has 1 amide bonds. The van der Waals surface area contributed by atoms with Crippen molar-refractivity contribution in [3.8, 4) is 0 Å². The maximum absolute atomic E-state index is 12.8. The van der Waals surface area contributed by atoms with Crippen LogP contribution in [0, 0.1) is 17.8 Å². The molecular weight excluding hydrogens is 356 g/mol. The summed E-state index contributed by atoms with van der Waals surface area (Å²) < 4.78 is 14.4. The summed E-state index contributed by atoms with van der Waals surface area (Å²) in [6, 6.07) is -1.17. The van der Waals surface area contributed by atoms with Gasteiger partial charge in [0.05, 0.1) is 39.2 Å². The van der Waals surface area contributed by atoms with Gasteiger partial charge in [0.1, 0.15) is 6.54 Å². The smallest absolute Gasteiger partial charge is 0.325 e. The Balaban J connectivity index is 2.31. The van der Waals surface area contributed by atoms with E-state index in [1.807, 2.05) is 18.7 Å². The summed E-state index contributed by atoms with van der Waals surface area (Å²) in [7, 11) is 3.82. The van der Waals surface area contributed by atoms with Gasteiger partial charge in [-0.05, 0) is 18.8 Å². The SMILES string of the molecule is COC(=O)CNC(=O)C(C(C)C)N1[C@@H]2CC[C@H]1[C@@H](C(=O)OC)[C@@H]2C(=O)OC. The maximum atomic E-state index is 12.8. The van der Waals surface area contributed by atoms with Gasteiger partial charge in [-0.2, -0.15) is 0 Å². The largest absolute Gasteiger partial charge is 0.469 e. The number of ether oxygens (including phenoxy) is 3. The van der Waals surface area contributed by atoms with Crippen LogP contribution in [0.3, 0.4) is 0 Å². The van der Waals surface area contributed by atoms with Gasteiger partial charge in [0, 0.05) is 12.1 Å². The molecule has 2 aliphatic rings. The Hall–Kier alpha value is -2.16. The maximum Gasteiger partial charge on any atom is 0.325 e. The van der Waals surface area contributed by atoms with Crippen LogP contribution in [-0.2, 0) is 33.4 Å². The zero-order valence-electron chi connectivity index (χ0n) is 16.4. The number of nitrogens with zero attached hydrogens (tertiary/aromatic N) is 1. The summed E-state index contributed by atoms with van der Waals surface area (Å²) in [5.74, 6) is -3.26. The van der Waals surface area contributed by atoms with Gasteiger partial charge in [0.2, 0.25) is 5.91 Å². The molecule has 2 saturated heterocycles. The third-order valence-corrected chi connectivity index (χ3v) is 5.54. The van der Waals surface area contributed by atoms with Crippen LogP contribution in [-0.4, -0.2) is 74.7 Å². The highest BCUT2D eigenvalue weighted by atomic mass is 16.5. The zero-order chi connectivity index (χ0) is 20.3. The van der Waals surface area contributed by atoms with Crippen LogP contribution in [0.15, 0.2) is 0 Å². The molecule has 2 fully saturated rings. The van der Waals surface area contributed by atoms with Crippen molar-refractivity contribution in [1.82, 2.24) is 10.2 Å². The van der Waals surface area contributed by atoms with Crippen molar-refractivity contribution in [2.24, 2.45) is 17.8 Å². The molecule has 0 aromatic rings. The van der Waals surface area contributed by atoms with E-state index in [0.29, 0.717) is 12.8 Å². The lowest BCUT2D eigenvalue weighted by molar-refractivity contribution is -0.157. The first-order valence-electron chi connectivity index (χ1n) is 9.06. The normalized spacial score (nSPS) is 27.9. The molecule has 0 saturated carbocycles. The van der Waals surface area contributed by atoms with Crippen LogP contribution in [0.4, 0.5) is 0 Å². The Labute approximate surface area is 158 Å². The minimum absolute atomic E-state index is 0.0968. The minimum atomic E-state index is -0.671. The predicted octanol–water partition coefficient (Wildman–Crippen LogP) is -0.275. The van der Waals surface area contributed by atoms with Gasteiger partial charge in [-0.25, -0.2) is 0 Å². The van der Waals surface area contributed by atoms with Crippen LogP contribution in [0.2, 0.25) is 0 Å². The number of carbonyl (C=O) groups excluding carboxylic acids is 4. The molecule has 0 spiro atoms. The van der Waals surface area contributed by atoms with Crippen molar-refractivity contribution in [1.29, 1.82) is 0 Å². The van der Waals surface area contributed by atoms with Crippen LogP contribution in [0.25, 0.3) is 0 Å². The molecule has 5 atom stereocenters. The van der Waals surface area contributed by atoms with E-state index in [9.17, 15) is 19.2 Å². The van der Waals surface area contributed by atoms with Crippen LogP contribution in [0.5, 0.6) is 0 Å². The van der Waals surface area contributed by atoms with Crippen LogP contribution in [0.1, 0.15) is 26.7 Å². The topological polar surface area (TPSA) is 111 Å². The van der Waals surface area contributed by atoms with Gasteiger partial charge >= 0.3 is 17.9 Å². The summed E-state index contributed by atoms with van der Waals surface area (Å²) >= 11 is 0. The lowest BCUT2D eigenvalue weighted by atomic mass is 9.79. The third-order valence-electron chi connectivity index (χ3n) is 5.54. The van der Waals surface area contributed by atoms with Crippen molar-refractivity contribution >= 4 is 23.8 Å². The molecule has 2 heterocycles. The Kier molecular flexibility index (Phi) is 6.80. The monoisotopic (exact) mass is 384 g/mol. The summed E-state index contributed by atoms with van der Waals surface area (Å²) in [4.78, 5) is 50.9. The van der Waals surface area contributed by atoms with E-state index in [4.69, 9.17) is 9.47 Å². The van der Waals surface area contributed by atoms with Crippen molar-refractivity contribution in [3.63, 3.8) is 0 Å². The van der Waals surface area contributed by atoms with Crippen molar-refractivity contribution in [2.75, 3.05) is 27.9 Å². The molecule has 9 heteroatoms. The van der Waals surface area contributed by atoms with E-state index in [1.165, 1.54) is 21.3 Å². The van der Waals surface area contributed by atoms with E-state index >= 15 is 0 Å². The summed E-state index contributed by atoms with van der Waals surface area (Å²) in [5, 5.41) is 2.59. The lowest BCUT2D eigenvalue weighted by Crippen LogP contribution is -2.53. The number of methoxy groups -OCH3 is 3. The fourth-order valence-corrected chi connectivity index (χ4v) is 4.50. The number of carbonyl (C=O) groups is 4. The van der Waals surface area contributed by atoms with Gasteiger partial charge in [0.15, 0.2) is 0 Å². The summed E-state index contributed by atoms with van der Waals surface area (Å²) in [5.41, 5.74) is 0. The van der Waals surface area contributed by atoms with Gasteiger partial charge in [-0.1, -0.05) is 13.8 Å². The Morgan fingerprint density at radius 1 is 0.926 bits per heavy atom. The Morgan fingerprint density at radius 3 is 1.78 bits per heavy atom. The molecule has 0 aliphatic carbocycles. The van der Waals surface area contributed by atoms with Crippen LogP contribution >= 0.6 is 0 Å². The average molecular weight is 384 g/mol. The number of rotatable bonds is 7. The standard InChI is InChI=1S/C18H28N2O7/c1-9(2)15(16(22)19-8-12(21)25-3)20-10-6-7-11(20)14(18(24)27-5)13(10)17(23)26-4/h9-11,13-15H,6-8H2,1-5H3,(H,19,22)/t10-,11+,13-,14-,15?/m1/s1. The van der Waals surface area contributed by atoms with E-state index in [-0.39, 0.29) is 30.5 Å². The second-order valence-corrected chi connectivity index (χ2v) is 7.24. The highest BCUT2D eigenvalue weighted by molar-refractivity contribution is 5.88. The van der Waals surface area contributed by atoms with Crippen molar-refractivity contribution in [2.45, 2.75) is 44.8 Å². The number of nitrogens with one attached hydrogen (secondary N) is 1. The minimum Gasteiger partial charge on any atom is -0.469 e. The van der Waals surface area contributed by atoms with E-state index < -0.39 is 35.8 Å². The fraction of sp³-hybridized carbons (Fsp3) is 0.778. The molecular formula is C18H28N2O7. The van der Waals surface area contributed by atoms with Crippen LogP contribution < -0.4 is 5.32 Å². The molecule has 27 heavy (non-hydrogen) atoms. The first-order chi connectivity index (χ1) is 12.8. The lowest BCUT2D eigenvalue weighted by Gasteiger charge is -2.34. The highest BCUT2D eigenvalue weighted by Gasteiger charge is 2.62. The predicted molar refractivity (Wildman–Crippen MR) is 93.3 cm³/mol. The van der Waals surface area contributed by atoms with E-state index in [2.05, 4.69) is 10.1 Å². The summed E-state index contributed by atoms with van der Waals surface area (Å²) in [6.45, 7) is 3.55. The molecule has 152 valence electrons. The molecule has 1 unspecified atom stereocenters. The first-order valence-corrected chi connectivity index (χ1v) is 9.06. The molecule has 0 radical (unpaired) electrons. The molecule has 2 rings (SSSR count). The summed E-state index contributed by atoms with van der Waals surface area (Å²) in [6.07, 6.45) is 1.37. The average Bonchev–Trinajstić information content (AvgIpc) is 3.20. The Morgan fingerprint density at radius 2 is 1.41 bits per heavy atom. The molecule has 2 bridgehead atoms. The number of esters is 3. The second kappa shape index (κ2) is 8.69. The Bertz CT molecular complexity index is 577. The molecule has 0 aromatic heterocycles. The molecule has 9 nitrogen and oxygen atoms in total. The number of amides is 1. The number of fused-ring (bicyclic) bond motifs is 2. The van der Waals surface area contributed by atoms with Gasteiger partial charge in [0.25, 0.3) is 0 Å². The first kappa shape index (κ1) is 21.1. The quantitative estimate of drug-likeness (QED) is 0.471. The van der Waals surface area contributed by atoms with Crippen molar-refractivity contribution in [3.05, 3.63) is 0 Å². The van der Waals surface area contributed by atoms with Gasteiger partial charge in [-0.15, -0.1) is 0 Å². The fourth-order valence-electron chi connectivity index (χ4n) is 4.50. The number of hydrogen-bond donors (Lipinski definition) is 1. The molecule has 1 N–H and O–H groups in total. The highest BCUT2D eigenvalue weighted by Crippen LogP contribution is 2.48. The molecule has 0 aromatic carbocycles. The van der Waals surface area contributed by atoms with E-state index in [0.717, 1.165) is 0 Å².